The van der Waals surface area contributed by atoms with E-state index in [0.29, 0.717) is 6.54 Å². The number of amides is 1. The van der Waals surface area contributed by atoms with Crippen molar-refractivity contribution in [1.82, 2.24) is 10.2 Å². The normalized spacial score (nSPS) is 19.3. The van der Waals surface area contributed by atoms with Crippen molar-refractivity contribution < 1.29 is 4.79 Å². The van der Waals surface area contributed by atoms with Gasteiger partial charge in [0.15, 0.2) is 0 Å². The third-order valence-electron chi connectivity index (χ3n) is 3.12. The monoisotopic (exact) mass is 296 g/mol. The van der Waals surface area contributed by atoms with Gasteiger partial charge in [-0.3, -0.25) is 4.79 Å². The molecular formula is C13H17BrN2O. The summed E-state index contributed by atoms with van der Waals surface area (Å²) in [6.45, 7) is 2.47. The molecule has 1 aliphatic heterocycles. The van der Waals surface area contributed by atoms with Crippen molar-refractivity contribution in [3.63, 3.8) is 0 Å². The first-order chi connectivity index (χ1) is 8.16. The first-order valence-corrected chi connectivity index (χ1v) is 6.66. The first-order valence-electron chi connectivity index (χ1n) is 5.87. The lowest BCUT2D eigenvalue weighted by atomic mass is 10.1. The van der Waals surface area contributed by atoms with E-state index >= 15 is 0 Å². The zero-order valence-electron chi connectivity index (χ0n) is 9.95. The Hall–Kier alpha value is -0.870. The maximum atomic E-state index is 12.1. The maximum absolute atomic E-state index is 12.1. The number of nitrogens with one attached hydrogen (secondary N) is 1. The number of rotatable bonds is 3. The van der Waals surface area contributed by atoms with E-state index in [9.17, 15) is 4.79 Å². The summed E-state index contributed by atoms with van der Waals surface area (Å²) in [5.74, 6) is 0.411. The fraction of sp³-hybridized carbons (Fsp3) is 0.462. The summed E-state index contributed by atoms with van der Waals surface area (Å²) in [5, 5.41) is 3.23. The molecule has 1 atom stereocenters. The highest BCUT2D eigenvalue weighted by molar-refractivity contribution is 9.10. The minimum absolute atomic E-state index is 0.162. The van der Waals surface area contributed by atoms with E-state index in [1.165, 1.54) is 0 Å². The second kappa shape index (κ2) is 5.65. The van der Waals surface area contributed by atoms with Crippen molar-refractivity contribution in [3.8, 4) is 0 Å². The van der Waals surface area contributed by atoms with Gasteiger partial charge in [-0.15, -0.1) is 0 Å². The molecule has 1 unspecified atom stereocenters. The summed E-state index contributed by atoms with van der Waals surface area (Å²) in [6.07, 6.45) is 0.962. The predicted octanol–water partition coefficient (Wildman–Crippen LogP) is 2.02. The molecule has 0 aromatic heterocycles. The van der Waals surface area contributed by atoms with Crippen molar-refractivity contribution in [3.05, 3.63) is 34.3 Å². The van der Waals surface area contributed by atoms with E-state index < -0.39 is 0 Å². The molecule has 0 radical (unpaired) electrons. The highest BCUT2D eigenvalue weighted by Crippen LogP contribution is 2.15. The third-order valence-corrected chi connectivity index (χ3v) is 3.65. The van der Waals surface area contributed by atoms with Gasteiger partial charge in [-0.2, -0.15) is 0 Å². The minimum atomic E-state index is 0.162. The van der Waals surface area contributed by atoms with Crippen LogP contribution in [0.25, 0.3) is 0 Å². The quantitative estimate of drug-likeness (QED) is 0.925. The Morgan fingerprint density at radius 2 is 2.18 bits per heavy atom. The maximum Gasteiger partial charge on any atom is 0.227 e. The molecule has 0 aliphatic carbocycles. The van der Waals surface area contributed by atoms with Gasteiger partial charge in [-0.25, -0.2) is 0 Å². The lowest BCUT2D eigenvalue weighted by molar-refractivity contribution is -0.134. The van der Waals surface area contributed by atoms with Gasteiger partial charge in [0.05, 0.1) is 5.92 Å². The van der Waals surface area contributed by atoms with Crippen molar-refractivity contribution in [2.24, 2.45) is 5.92 Å². The topological polar surface area (TPSA) is 32.3 Å². The summed E-state index contributed by atoms with van der Waals surface area (Å²) >= 11 is 3.41. The lowest BCUT2D eigenvalue weighted by Gasteiger charge is -2.20. The summed E-state index contributed by atoms with van der Waals surface area (Å²) < 4.78 is 1.07. The average molecular weight is 297 g/mol. The van der Waals surface area contributed by atoms with Crippen molar-refractivity contribution >= 4 is 21.8 Å². The number of carbonyl (C=O) groups is 1. The van der Waals surface area contributed by atoms with Crippen LogP contribution in [0.15, 0.2) is 28.7 Å². The lowest BCUT2D eigenvalue weighted by Crippen LogP contribution is -2.33. The Kier molecular flexibility index (Phi) is 4.18. The van der Waals surface area contributed by atoms with Gasteiger partial charge in [0.25, 0.3) is 0 Å². The van der Waals surface area contributed by atoms with Crippen LogP contribution in [0.3, 0.4) is 0 Å². The molecule has 2 rings (SSSR count). The Balaban J connectivity index is 1.93. The van der Waals surface area contributed by atoms with Crippen molar-refractivity contribution in [2.45, 2.75) is 13.0 Å². The molecule has 1 heterocycles. The number of nitrogens with zero attached hydrogens (tertiary/aromatic N) is 1. The second-order valence-corrected chi connectivity index (χ2v) is 5.43. The fourth-order valence-corrected chi connectivity index (χ4v) is 2.38. The number of benzene rings is 1. The van der Waals surface area contributed by atoms with E-state index in [1.54, 1.807) is 0 Å². The molecule has 1 N–H and O–H groups in total. The van der Waals surface area contributed by atoms with Crippen LogP contribution in [0.1, 0.15) is 12.0 Å². The van der Waals surface area contributed by atoms with E-state index in [4.69, 9.17) is 0 Å². The van der Waals surface area contributed by atoms with Gasteiger partial charge in [0.1, 0.15) is 0 Å². The van der Waals surface area contributed by atoms with Gasteiger partial charge < -0.3 is 10.2 Å². The van der Waals surface area contributed by atoms with Gasteiger partial charge >= 0.3 is 0 Å². The van der Waals surface area contributed by atoms with E-state index in [-0.39, 0.29) is 11.8 Å². The van der Waals surface area contributed by atoms with Gasteiger partial charge in [-0.1, -0.05) is 28.1 Å². The zero-order valence-corrected chi connectivity index (χ0v) is 11.5. The highest BCUT2D eigenvalue weighted by Gasteiger charge is 2.25. The van der Waals surface area contributed by atoms with Crippen LogP contribution >= 0.6 is 15.9 Å². The molecule has 1 aromatic rings. The molecule has 1 aliphatic rings. The molecule has 92 valence electrons. The highest BCUT2D eigenvalue weighted by atomic mass is 79.9. The summed E-state index contributed by atoms with van der Waals surface area (Å²) in [7, 11) is 1.88. The molecule has 0 saturated carbocycles. The number of hydrogen-bond acceptors (Lipinski definition) is 2. The molecular weight excluding hydrogens is 280 g/mol. The van der Waals surface area contributed by atoms with E-state index in [0.717, 1.165) is 29.5 Å². The molecule has 1 saturated heterocycles. The molecule has 0 spiro atoms. The molecule has 1 fully saturated rings. The number of hydrogen-bond donors (Lipinski definition) is 1. The van der Waals surface area contributed by atoms with Crippen LogP contribution in [0.4, 0.5) is 0 Å². The van der Waals surface area contributed by atoms with Crippen molar-refractivity contribution in [1.29, 1.82) is 0 Å². The van der Waals surface area contributed by atoms with Gasteiger partial charge in [-0.05, 0) is 30.7 Å². The van der Waals surface area contributed by atoms with Crippen LogP contribution in [0.5, 0.6) is 0 Å². The molecule has 3 nitrogen and oxygen atoms in total. The second-order valence-electron chi connectivity index (χ2n) is 4.51. The Morgan fingerprint density at radius 1 is 1.47 bits per heavy atom. The van der Waals surface area contributed by atoms with Crippen LogP contribution in [-0.2, 0) is 11.3 Å². The minimum Gasteiger partial charge on any atom is -0.341 e. The summed E-state index contributed by atoms with van der Waals surface area (Å²) in [4.78, 5) is 13.9. The summed E-state index contributed by atoms with van der Waals surface area (Å²) in [5.41, 5.74) is 1.16. The van der Waals surface area contributed by atoms with E-state index in [2.05, 4.69) is 21.2 Å². The molecule has 17 heavy (non-hydrogen) atoms. The van der Waals surface area contributed by atoms with E-state index in [1.807, 2.05) is 36.2 Å². The van der Waals surface area contributed by atoms with Crippen LogP contribution in [-0.4, -0.2) is 30.9 Å². The predicted molar refractivity (Wildman–Crippen MR) is 71.6 cm³/mol. The van der Waals surface area contributed by atoms with Crippen LogP contribution in [0, 0.1) is 5.92 Å². The van der Waals surface area contributed by atoms with Crippen molar-refractivity contribution in [2.75, 3.05) is 20.1 Å². The number of halogens is 1. The summed E-state index contributed by atoms with van der Waals surface area (Å²) in [6, 6.07) is 8.09. The van der Waals surface area contributed by atoms with Crippen LogP contribution < -0.4 is 5.32 Å². The number of carbonyl (C=O) groups excluding carboxylic acids is 1. The SMILES string of the molecule is CN(Cc1ccc(Br)cc1)C(=O)C1CCNC1. The van der Waals surface area contributed by atoms with Gasteiger partial charge in [0, 0.05) is 24.6 Å². The Morgan fingerprint density at radius 3 is 2.76 bits per heavy atom. The molecule has 4 heteroatoms. The Labute approximate surface area is 110 Å². The smallest absolute Gasteiger partial charge is 0.227 e. The average Bonchev–Trinajstić information content (AvgIpc) is 2.84. The Bertz CT molecular complexity index is 385. The van der Waals surface area contributed by atoms with Crippen LogP contribution in [0.2, 0.25) is 0 Å². The van der Waals surface area contributed by atoms with Gasteiger partial charge in [0.2, 0.25) is 5.91 Å². The third kappa shape index (κ3) is 3.30. The fourth-order valence-electron chi connectivity index (χ4n) is 2.12. The zero-order chi connectivity index (χ0) is 12.3. The molecule has 1 aromatic carbocycles. The molecule has 1 amide bonds. The standard InChI is InChI=1S/C13H17BrN2O/c1-16(13(17)11-6-7-15-8-11)9-10-2-4-12(14)5-3-10/h2-5,11,15H,6-9H2,1H3. The molecule has 0 bridgehead atoms. The first kappa shape index (κ1) is 12.6. The largest absolute Gasteiger partial charge is 0.341 e.